The van der Waals surface area contributed by atoms with Crippen molar-refractivity contribution in [3.8, 4) is 0 Å². The summed E-state index contributed by atoms with van der Waals surface area (Å²) in [4.78, 5) is 14.4. The molecule has 1 aromatic heterocycles. The zero-order chi connectivity index (χ0) is 14.8. The number of aliphatic hydroxyl groups excluding tert-OH is 1. The van der Waals surface area contributed by atoms with Crippen molar-refractivity contribution in [1.29, 1.82) is 0 Å². The molecule has 21 heavy (non-hydrogen) atoms. The van der Waals surface area contributed by atoms with Crippen LogP contribution in [-0.2, 0) is 6.42 Å². The SMILES string of the molecule is CCc1ccc(C(=O)N2CCCC(O)c3ccccc32)o1. The molecule has 3 rings (SSSR count). The fraction of sp³-hybridized carbons (Fsp3) is 0.353. The molecule has 110 valence electrons. The number of hydrogen-bond donors (Lipinski definition) is 1. The van der Waals surface area contributed by atoms with Gasteiger partial charge in [0.05, 0.1) is 6.10 Å². The van der Waals surface area contributed by atoms with Crippen LogP contribution in [0.15, 0.2) is 40.8 Å². The van der Waals surface area contributed by atoms with Crippen molar-refractivity contribution >= 4 is 11.6 Å². The Morgan fingerprint density at radius 1 is 1.33 bits per heavy atom. The number of amides is 1. The van der Waals surface area contributed by atoms with E-state index in [1.54, 1.807) is 11.0 Å². The Kier molecular flexibility index (Phi) is 3.80. The van der Waals surface area contributed by atoms with E-state index in [1.165, 1.54) is 0 Å². The van der Waals surface area contributed by atoms with E-state index in [9.17, 15) is 9.90 Å². The van der Waals surface area contributed by atoms with Gasteiger partial charge in [-0.25, -0.2) is 0 Å². The number of rotatable bonds is 2. The standard InChI is InChI=1S/C17H19NO3/c1-2-12-9-10-16(21-12)17(20)18-11-5-8-15(19)13-6-3-4-7-14(13)18/h3-4,6-7,9-10,15,19H,2,5,8,11H2,1H3. The molecule has 1 N–H and O–H groups in total. The number of carbonyl (C=O) groups is 1. The van der Waals surface area contributed by atoms with Crippen molar-refractivity contribution in [3.63, 3.8) is 0 Å². The molecule has 4 nitrogen and oxygen atoms in total. The van der Waals surface area contributed by atoms with Gasteiger partial charge in [-0.3, -0.25) is 4.79 Å². The topological polar surface area (TPSA) is 53.7 Å². The quantitative estimate of drug-likeness (QED) is 0.921. The first-order valence-electron chi connectivity index (χ1n) is 7.38. The van der Waals surface area contributed by atoms with Gasteiger partial charge in [0, 0.05) is 24.2 Å². The molecular formula is C17H19NO3. The molecule has 4 heteroatoms. The molecule has 0 saturated heterocycles. The van der Waals surface area contributed by atoms with Crippen LogP contribution in [0, 0.1) is 0 Å². The number of aryl methyl sites for hydroxylation is 1. The zero-order valence-electron chi connectivity index (χ0n) is 12.1. The Balaban J connectivity index is 1.97. The lowest BCUT2D eigenvalue weighted by Crippen LogP contribution is -2.31. The third kappa shape index (κ3) is 2.59. The van der Waals surface area contributed by atoms with Crippen LogP contribution in [-0.4, -0.2) is 17.6 Å². The second-order valence-electron chi connectivity index (χ2n) is 5.29. The van der Waals surface area contributed by atoms with Crippen LogP contribution < -0.4 is 4.90 Å². The number of carbonyl (C=O) groups excluding carboxylic acids is 1. The lowest BCUT2D eigenvalue weighted by atomic mass is 10.0. The van der Waals surface area contributed by atoms with Gasteiger partial charge >= 0.3 is 0 Å². The first kappa shape index (κ1) is 13.9. The van der Waals surface area contributed by atoms with Gasteiger partial charge in [0.1, 0.15) is 5.76 Å². The molecule has 0 saturated carbocycles. The van der Waals surface area contributed by atoms with Gasteiger partial charge in [0.25, 0.3) is 5.91 Å². The summed E-state index contributed by atoms with van der Waals surface area (Å²) in [5.74, 6) is 1.02. The number of nitrogens with zero attached hydrogens (tertiary/aromatic N) is 1. The number of anilines is 1. The molecule has 0 bridgehead atoms. The molecule has 1 aromatic carbocycles. The Morgan fingerprint density at radius 3 is 2.90 bits per heavy atom. The van der Waals surface area contributed by atoms with E-state index >= 15 is 0 Å². The average Bonchev–Trinajstić information content (AvgIpc) is 2.93. The molecule has 0 spiro atoms. The number of hydrogen-bond acceptors (Lipinski definition) is 3. The van der Waals surface area contributed by atoms with Crippen LogP contribution in [0.25, 0.3) is 0 Å². The molecule has 1 unspecified atom stereocenters. The maximum absolute atomic E-state index is 12.7. The number of aliphatic hydroxyl groups is 1. The Bertz CT molecular complexity index is 647. The highest BCUT2D eigenvalue weighted by Gasteiger charge is 2.27. The van der Waals surface area contributed by atoms with E-state index in [0.29, 0.717) is 18.7 Å². The van der Waals surface area contributed by atoms with Crippen molar-refractivity contribution in [2.75, 3.05) is 11.4 Å². The number of fused-ring (bicyclic) bond motifs is 1. The third-order valence-electron chi connectivity index (χ3n) is 3.91. The summed E-state index contributed by atoms with van der Waals surface area (Å²) in [6.45, 7) is 2.58. The molecular weight excluding hydrogens is 266 g/mol. The maximum atomic E-state index is 12.7. The van der Waals surface area contributed by atoms with E-state index in [0.717, 1.165) is 29.9 Å². The highest BCUT2D eigenvalue weighted by Crippen LogP contribution is 2.33. The summed E-state index contributed by atoms with van der Waals surface area (Å²) < 4.78 is 5.58. The predicted octanol–water partition coefficient (Wildman–Crippen LogP) is 3.32. The summed E-state index contributed by atoms with van der Waals surface area (Å²) in [5, 5.41) is 10.2. The highest BCUT2D eigenvalue weighted by atomic mass is 16.4. The van der Waals surface area contributed by atoms with E-state index < -0.39 is 6.10 Å². The van der Waals surface area contributed by atoms with Gasteiger partial charge in [-0.05, 0) is 31.0 Å². The van der Waals surface area contributed by atoms with Gasteiger partial charge < -0.3 is 14.4 Å². The van der Waals surface area contributed by atoms with Gasteiger partial charge in [-0.15, -0.1) is 0 Å². The van der Waals surface area contributed by atoms with E-state index in [-0.39, 0.29) is 5.91 Å². The van der Waals surface area contributed by atoms with Crippen molar-refractivity contribution in [2.24, 2.45) is 0 Å². The lowest BCUT2D eigenvalue weighted by molar-refractivity contribution is 0.0958. The molecule has 0 radical (unpaired) electrons. The molecule has 2 aromatic rings. The van der Waals surface area contributed by atoms with Gasteiger partial charge in [0.2, 0.25) is 0 Å². The minimum Gasteiger partial charge on any atom is -0.456 e. The van der Waals surface area contributed by atoms with Gasteiger partial charge in [-0.2, -0.15) is 0 Å². The summed E-state index contributed by atoms with van der Waals surface area (Å²) in [6, 6.07) is 11.1. The molecule has 1 aliphatic rings. The first-order valence-corrected chi connectivity index (χ1v) is 7.38. The third-order valence-corrected chi connectivity index (χ3v) is 3.91. The van der Waals surface area contributed by atoms with Crippen LogP contribution in [0.1, 0.15) is 47.7 Å². The van der Waals surface area contributed by atoms with Crippen molar-refractivity contribution in [3.05, 3.63) is 53.5 Å². The van der Waals surface area contributed by atoms with Crippen LogP contribution in [0.2, 0.25) is 0 Å². The maximum Gasteiger partial charge on any atom is 0.293 e. The zero-order valence-corrected chi connectivity index (χ0v) is 12.1. The molecule has 0 fully saturated rings. The second kappa shape index (κ2) is 5.74. The summed E-state index contributed by atoms with van der Waals surface area (Å²) in [7, 11) is 0. The van der Waals surface area contributed by atoms with Gasteiger partial charge in [0.15, 0.2) is 5.76 Å². The Hall–Kier alpha value is -2.07. The molecule has 1 amide bonds. The first-order chi connectivity index (χ1) is 10.2. The smallest absolute Gasteiger partial charge is 0.293 e. The highest BCUT2D eigenvalue weighted by molar-refractivity contribution is 6.04. The minimum absolute atomic E-state index is 0.142. The fourth-order valence-corrected chi connectivity index (χ4v) is 2.76. The normalized spacial score (nSPS) is 18.2. The number of benzene rings is 1. The Morgan fingerprint density at radius 2 is 2.14 bits per heavy atom. The van der Waals surface area contributed by atoms with Crippen molar-refractivity contribution in [1.82, 2.24) is 0 Å². The molecule has 0 aliphatic carbocycles. The van der Waals surface area contributed by atoms with E-state index in [1.807, 2.05) is 37.3 Å². The Labute approximate surface area is 124 Å². The van der Waals surface area contributed by atoms with E-state index in [2.05, 4.69) is 0 Å². The molecule has 1 aliphatic heterocycles. The van der Waals surface area contributed by atoms with Crippen molar-refractivity contribution < 1.29 is 14.3 Å². The fourth-order valence-electron chi connectivity index (χ4n) is 2.76. The monoisotopic (exact) mass is 285 g/mol. The summed E-state index contributed by atoms with van der Waals surface area (Å²) in [6.07, 6.45) is 1.69. The molecule has 2 heterocycles. The summed E-state index contributed by atoms with van der Waals surface area (Å²) in [5.41, 5.74) is 1.59. The van der Waals surface area contributed by atoms with Crippen LogP contribution in [0.5, 0.6) is 0 Å². The lowest BCUT2D eigenvalue weighted by Gasteiger charge is -2.22. The van der Waals surface area contributed by atoms with Crippen molar-refractivity contribution in [2.45, 2.75) is 32.3 Å². The van der Waals surface area contributed by atoms with Gasteiger partial charge in [-0.1, -0.05) is 25.1 Å². The van der Waals surface area contributed by atoms with Crippen LogP contribution in [0.3, 0.4) is 0 Å². The average molecular weight is 285 g/mol. The van der Waals surface area contributed by atoms with Crippen LogP contribution >= 0.6 is 0 Å². The van der Waals surface area contributed by atoms with Crippen LogP contribution in [0.4, 0.5) is 5.69 Å². The predicted molar refractivity (Wildman–Crippen MR) is 80.4 cm³/mol. The summed E-state index contributed by atoms with van der Waals surface area (Å²) >= 11 is 0. The largest absolute Gasteiger partial charge is 0.456 e. The second-order valence-corrected chi connectivity index (χ2v) is 5.29. The number of furan rings is 1. The number of para-hydroxylation sites is 1. The van der Waals surface area contributed by atoms with E-state index in [4.69, 9.17) is 4.42 Å². The molecule has 1 atom stereocenters. The minimum atomic E-state index is -0.512.